The molecule has 0 spiro atoms. The first kappa shape index (κ1) is 12.8. The molecule has 0 aliphatic heterocycles. The minimum absolute atomic E-state index is 0.130. The van der Waals surface area contributed by atoms with Crippen LogP contribution >= 0.6 is 0 Å². The highest BCUT2D eigenvalue weighted by Crippen LogP contribution is 2.19. The van der Waals surface area contributed by atoms with Gasteiger partial charge in [-0.1, -0.05) is 18.2 Å². The van der Waals surface area contributed by atoms with Crippen molar-refractivity contribution in [1.29, 1.82) is 0 Å². The maximum atomic E-state index is 11.7. The van der Waals surface area contributed by atoms with Crippen LogP contribution in [0.5, 0.6) is 0 Å². The Balaban J connectivity index is 2.43. The lowest BCUT2D eigenvalue weighted by Gasteiger charge is -2.13. The van der Waals surface area contributed by atoms with Crippen LogP contribution in [0.4, 0.5) is 18.9 Å². The Labute approximate surface area is 92.4 Å². The van der Waals surface area contributed by atoms with Gasteiger partial charge in [-0.25, -0.2) is 0 Å². The van der Waals surface area contributed by atoms with Crippen LogP contribution in [0.3, 0.4) is 0 Å². The fourth-order valence-corrected chi connectivity index (χ4v) is 1.44. The Morgan fingerprint density at radius 2 is 1.75 bits per heavy atom. The summed E-state index contributed by atoms with van der Waals surface area (Å²) in [6.45, 7) is 3.54. The average Bonchev–Trinajstić information content (AvgIpc) is 2.14. The second-order valence-corrected chi connectivity index (χ2v) is 3.49. The Hall–Kier alpha value is -1.23. The van der Waals surface area contributed by atoms with Crippen LogP contribution in [-0.2, 0) is 4.74 Å². The van der Waals surface area contributed by atoms with E-state index in [1.54, 1.807) is 0 Å². The molecular weight excluding hydrogens is 219 g/mol. The molecule has 1 aromatic rings. The summed E-state index contributed by atoms with van der Waals surface area (Å²) in [5.74, 6) is 0. The molecule has 0 radical (unpaired) electrons. The van der Waals surface area contributed by atoms with E-state index >= 15 is 0 Å². The predicted molar refractivity (Wildman–Crippen MR) is 56.4 cm³/mol. The van der Waals surface area contributed by atoms with Gasteiger partial charge in [0.05, 0.1) is 6.61 Å². The lowest BCUT2D eigenvalue weighted by Crippen LogP contribution is -2.19. The van der Waals surface area contributed by atoms with Gasteiger partial charge < -0.3 is 5.32 Å². The fourth-order valence-electron chi connectivity index (χ4n) is 1.44. The van der Waals surface area contributed by atoms with Gasteiger partial charge in [-0.2, -0.15) is 0 Å². The van der Waals surface area contributed by atoms with Crippen molar-refractivity contribution in [3.63, 3.8) is 0 Å². The number of hydrogen-bond donors (Lipinski definition) is 1. The largest absolute Gasteiger partial charge is 0.522 e. The van der Waals surface area contributed by atoms with Crippen molar-refractivity contribution < 1.29 is 17.9 Å². The monoisotopic (exact) mass is 233 g/mol. The Bertz CT molecular complexity index is 329. The molecule has 0 bridgehead atoms. The number of para-hydroxylation sites is 1. The summed E-state index contributed by atoms with van der Waals surface area (Å²) >= 11 is 0. The summed E-state index contributed by atoms with van der Waals surface area (Å²) in [7, 11) is 0. The van der Waals surface area contributed by atoms with Crippen molar-refractivity contribution in [3.05, 3.63) is 29.3 Å². The van der Waals surface area contributed by atoms with Gasteiger partial charge in [0.15, 0.2) is 0 Å². The molecule has 0 atom stereocenters. The molecule has 1 aromatic carbocycles. The number of benzene rings is 1. The molecule has 90 valence electrons. The zero-order valence-electron chi connectivity index (χ0n) is 9.19. The SMILES string of the molecule is Cc1cccc(C)c1NCCOC(F)(F)F. The third kappa shape index (κ3) is 4.10. The summed E-state index contributed by atoms with van der Waals surface area (Å²) in [6, 6.07) is 5.71. The van der Waals surface area contributed by atoms with Gasteiger partial charge in [0.2, 0.25) is 0 Å². The second-order valence-electron chi connectivity index (χ2n) is 3.49. The van der Waals surface area contributed by atoms with Crippen molar-refractivity contribution in [2.75, 3.05) is 18.5 Å². The zero-order chi connectivity index (χ0) is 12.2. The van der Waals surface area contributed by atoms with Crippen LogP contribution in [0.25, 0.3) is 0 Å². The van der Waals surface area contributed by atoms with E-state index < -0.39 is 13.0 Å². The summed E-state index contributed by atoms with van der Waals surface area (Å²) in [6.07, 6.45) is -4.55. The molecule has 1 rings (SSSR count). The lowest BCUT2D eigenvalue weighted by atomic mass is 10.1. The molecule has 5 heteroatoms. The van der Waals surface area contributed by atoms with E-state index in [1.165, 1.54) is 0 Å². The maximum absolute atomic E-state index is 11.7. The van der Waals surface area contributed by atoms with E-state index in [2.05, 4.69) is 10.1 Å². The molecule has 0 fully saturated rings. The molecule has 0 heterocycles. The Kier molecular flexibility index (Phi) is 4.18. The van der Waals surface area contributed by atoms with Gasteiger partial charge in [0.25, 0.3) is 0 Å². The fraction of sp³-hybridized carbons (Fsp3) is 0.455. The van der Waals surface area contributed by atoms with Gasteiger partial charge in [0.1, 0.15) is 0 Å². The van der Waals surface area contributed by atoms with Gasteiger partial charge in [0, 0.05) is 12.2 Å². The van der Waals surface area contributed by atoms with Gasteiger partial charge in [-0.3, -0.25) is 4.74 Å². The highest BCUT2D eigenvalue weighted by molar-refractivity contribution is 5.56. The van der Waals surface area contributed by atoms with E-state index in [-0.39, 0.29) is 6.54 Å². The number of alkyl halides is 3. The molecule has 0 saturated heterocycles. The number of aryl methyl sites for hydroxylation is 2. The molecule has 0 saturated carbocycles. The van der Waals surface area contributed by atoms with E-state index in [4.69, 9.17) is 0 Å². The van der Waals surface area contributed by atoms with E-state index in [1.807, 2.05) is 32.0 Å². The third-order valence-electron chi connectivity index (χ3n) is 2.15. The van der Waals surface area contributed by atoms with E-state index in [0.29, 0.717) is 0 Å². The number of hydrogen-bond acceptors (Lipinski definition) is 2. The topological polar surface area (TPSA) is 21.3 Å². The smallest absolute Gasteiger partial charge is 0.382 e. The molecule has 0 amide bonds. The Morgan fingerprint density at radius 3 is 2.25 bits per heavy atom. The predicted octanol–water partition coefficient (Wildman–Crippen LogP) is 3.25. The normalized spacial score (nSPS) is 11.6. The van der Waals surface area contributed by atoms with Crippen LogP contribution in [0, 0.1) is 13.8 Å². The molecule has 0 aromatic heterocycles. The zero-order valence-corrected chi connectivity index (χ0v) is 9.19. The van der Waals surface area contributed by atoms with Crippen molar-refractivity contribution in [2.24, 2.45) is 0 Å². The van der Waals surface area contributed by atoms with Crippen molar-refractivity contribution >= 4 is 5.69 Å². The summed E-state index contributed by atoms with van der Waals surface area (Å²) in [5, 5.41) is 2.93. The van der Waals surface area contributed by atoms with E-state index in [9.17, 15) is 13.2 Å². The minimum Gasteiger partial charge on any atom is -0.382 e. The van der Waals surface area contributed by atoms with Crippen LogP contribution in [-0.4, -0.2) is 19.5 Å². The number of nitrogens with one attached hydrogen (secondary N) is 1. The second kappa shape index (κ2) is 5.21. The standard InChI is InChI=1S/C11H14F3NO/c1-8-4-3-5-9(2)10(8)15-6-7-16-11(12,13)14/h3-5,15H,6-7H2,1-2H3. The minimum atomic E-state index is -4.55. The number of ether oxygens (including phenoxy) is 1. The molecule has 0 unspecified atom stereocenters. The number of anilines is 1. The van der Waals surface area contributed by atoms with Crippen LogP contribution in [0.1, 0.15) is 11.1 Å². The quantitative estimate of drug-likeness (QED) is 0.806. The van der Waals surface area contributed by atoms with Crippen LogP contribution in [0.2, 0.25) is 0 Å². The van der Waals surface area contributed by atoms with Crippen LogP contribution in [0.15, 0.2) is 18.2 Å². The average molecular weight is 233 g/mol. The van der Waals surface area contributed by atoms with E-state index in [0.717, 1.165) is 16.8 Å². The van der Waals surface area contributed by atoms with Crippen molar-refractivity contribution in [1.82, 2.24) is 0 Å². The molecule has 16 heavy (non-hydrogen) atoms. The number of rotatable bonds is 4. The third-order valence-corrected chi connectivity index (χ3v) is 2.15. The molecule has 0 aliphatic rings. The first-order valence-electron chi connectivity index (χ1n) is 4.91. The number of halogens is 3. The molecular formula is C11H14F3NO. The molecule has 2 nitrogen and oxygen atoms in total. The van der Waals surface area contributed by atoms with Gasteiger partial charge >= 0.3 is 6.36 Å². The highest BCUT2D eigenvalue weighted by Gasteiger charge is 2.28. The van der Waals surface area contributed by atoms with Crippen molar-refractivity contribution in [3.8, 4) is 0 Å². The lowest BCUT2D eigenvalue weighted by molar-refractivity contribution is -0.322. The maximum Gasteiger partial charge on any atom is 0.522 e. The summed E-state index contributed by atoms with van der Waals surface area (Å²) in [5.41, 5.74) is 2.88. The first-order valence-corrected chi connectivity index (χ1v) is 4.91. The van der Waals surface area contributed by atoms with Gasteiger partial charge in [-0.05, 0) is 25.0 Å². The molecule has 0 aliphatic carbocycles. The highest BCUT2D eigenvalue weighted by atomic mass is 19.4. The van der Waals surface area contributed by atoms with Gasteiger partial charge in [-0.15, -0.1) is 13.2 Å². The van der Waals surface area contributed by atoms with Crippen LogP contribution < -0.4 is 5.32 Å². The molecule has 1 N–H and O–H groups in total. The Morgan fingerprint density at radius 1 is 1.19 bits per heavy atom. The summed E-state index contributed by atoms with van der Waals surface area (Å²) < 4.78 is 38.7. The summed E-state index contributed by atoms with van der Waals surface area (Å²) in [4.78, 5) is 0. The first-order chi connectivity index (χ1) is 7.40. The van der Waals surface area contributed by atoms with Crippen molar-refractivity contribution in [2.45, 2.75) is 20.2 Å².